The molecule has 0 spiro atoms. The Balaban J connectivity index is 0.000000131. The molecule has 115 heavy (non-hydrogen) atoms. The Hall–Kier alpha value is -14.6. The molecule has 566 valence electrons. The quantitative estimate of drug-likeness (QED) is 0.0836. The molecule has 0 saturated heterocycles. The Labute approximate surface area is 670 Å². The summed E-state index contributed by atoms with van der Waals surface area (Å²) in [7, 11) is 6.46. The molecule has 0 atom stereocenters. The summed E-state index contributed by atoms with van der Waals surface area (Å²) in [5.41, 5.74) is 16.8. The Morgan fingerprint density at radius 1 is 0.400 bits per heavy atom. The first kappa shape index (κ1) is 75.8. The normalized spacial score (nSPS) is 12.1. The maximum Gasteiger partial charge on any atom is 0.282 e. The molecule has 10 aromatic carbocycles. The molecule has 0 unspecified atom stereocenters. The predicted octanol–water partition coefficient (Wildman–Crippen LogP) is 18.8. The van der Waals surface area contributed by atoms with Gasteiger partial charge in [-0.05, 0) is 99.6 Å². The Bertz CT molecular complexity index is 6310. The van der Waals surface area contributed by atoms with E-state index in [9.17, 15) is 19.2 Å². The van der Waals surface area contributed by atoms with Crippen molar-refractivity contribution < 1.29 is 33.3 Å². The SMILES string of the molecule is COc1ccc(C2=C(Cl)Cc3c(-c4ccccc4)c(-c4ccccc4)nn3C2=O)cc1.COc1ccc(C2=C(Oc3cccnn3)Cc3c(-c4ccccc4)c(-c4ccccc4)nn3C2=O)cc1.COc1ccc(Cn2c(-c3ccccc3)c(-c3ccccc3)c3nc(Cl)c(-c4ccc(OC)cc4)c(=O)n32)cc1.O=c1cccn[nH]1. The predicted molar refractivity (Wildman–Crippen MR) is 447 cm³/mol. The van der Waals surface area contributed by atoms with Crippen LogP contribution in [0.15, 0.2) is 336 Å². The van der Waals surface area contributed by atoms with Gasteiger partial charge in [0, 0.05) is 63.8 Å². The highest BCUT2D eigenvalue weighted by atomic mass is 35.5. The Morgan fingerprint density at radius 3 is 1.24 bits per heavy atom. The largest absolute Gasteiger partial charge is 0.497 e. The number of aromatic nitrogens is 11. The van der Waals surface area contributed by atoms with Crippen LogP contribution in [0, 0.1) is 0 Å². The summed E-state index contributed by atoms with van der Waals surface area (Å²) in [5.74, 6) is 3.17. The Kier molecular flexibility index (Phi) is 22.9. The number of rotatable bonds is 17. The molecule has 18 rings (SSSR count). The van der Waals surface area contributed by atoms with Crippen LogP contribution in [0.3, 0.4) is 0 Å². The topological polar surface area (TPSA) is 227 Å². The zero-order chi connectivity index (χ0) is 79.3. The van der Waals surface area contributed by atoms with Crippen molar-refractivity contribution in [2.75, 3.05) is 28.4 Å². The molecule has 0 bridgehead atoms. The summed E-state index contributed by atoms with van der Waals surface area (Å²) in [6.45, 7) is 0.419. The second-order valence-corrected chi connectivity index (χ2v) is 27.0. The summed E-state index contributed by atoms with van der Waals surface area (Å²) in [4.78, 5) is 57.1. The molecule has 0 fully saturated rings. The van der Waals surface area contributed by atoms with Gasteiger partial charge in [-0.1, -0.05) is 254 Å². The number of halogens is 2. The maximum atomic E-state index is 14.4. The van der Waals surface area contributed by atoms with Crippen LogP contribution in [0.1, 0.15) is 37.7 Å². The van der Waals surface area contributed by atoms with E-state index >= 15 is 0 Å². The first-order chi connectivity index (χ1) is 56.4. The van der Waals surface area contributed by atoms with Crippen molar-refractivity contribution in [3.63, 3.8) is 0 Å². The van der Waals surface area contributed by atoms with Gasteiger partial charge in [0.15, 0.2) is 5.65 Å². The number of allylic oxidation sites excluding steroid dienone is 4. The van der Waals surface area contributed by atoms with Gasteiger partial charge in [0.25, 0.3) is 22.9 Å². The van der Waals surface area contributed by atoms with Crippen LogP contribution in [0.5, 0.6) is 28.9 Å². The number of nitrogens with zero attached hydrogens (tertiary/aromatic N) is 10. The van der Waals surface area contributed by atoms with Gasteiger partial charge >= 0.3 is 0 Å². The number of fused-ring (bicyclic) bond motifs is 3. The van der Waals surface area contributed by atoms with Gasteiger partial charge in [-0.3, -0.25) is 23.9 Å². The zero-order valence-electron chi connectivity index (χ0n) is 62.5. The van der Waals surface area contributed by atoms with Crippen LogP contribution >= 0.6 is 23.2 Å². The van der Waals surface area contributed by atoms with Crippen molar-refractivity contribution in [3.8, 4) is 107 Å². The molecule has 0 aliphatic carbocycles. The first-order valence-corrected chi connectivity index (χ1v) is 37.3. The fraction of sp³-hybridized carbons (Fsp3) is 0.0753. The van der Waals surface area contributed by atoms with Crippen molar-refractivity contribution in [2.24, 2.45) is 0 Å². The Morgan fingerprint density at radius 2 is 0.809 bits per heavy atom. The fourth-order valence-corrected chi connectivity index (χ4v) is 14.5. The van der Waals surface area contributed by atoms with Gasteiger partial charge in [0.2, 0.25) is 5.88 Å². The summed E-state index contributed by atoms with van der Waals surface area (Å²) < 4.78 is 34.1. The van der Waals surface area contributed by atoms with Gasteiger partial charge < -0.3 is 23.7 Å². The zero-order valence-corrected chi connectivity index (χ0v) is 64.1. The molecule has 0 radical (unpaired) electrons. The van der Waals surface area contributed by atoms with Crippen molar-refractivity contribution in [1.29, 1.82) is 0 Å². The highest BCUT2D eigenvalue weighted by Crippen LogP contribution is 2.44. The van der Waals surface area contributed by atoms with E-state index < -0.39 is 0 Å². The summed E-state index contributed by atoms with van der Waals surface area (Å²) in [5, 5.41) is 24.0. The summed E-state index contributed by atoms with van der Waals surface area (Å²) >= 11 is 13.5. The number of hydrogen-bond acceptors (Lipinski definition) is 15. The molecule has 0 amide bonds. The minimum absolute atomic E-state index is 0.147. The highest BCUT2D eigenvalue weighted by Gasteiger charge is 2.36. The van der Waals surface area contributed by atoms with Crippen LogP contribution in [0.2, 0.25) is 5.15 Å². The van der Waals surface area contributed by atoms with E-state index in [1.54, 1.807) is 69.5 Å². The molecule has 2 aliphatic rings. The average Bonchev–Trinajstić information content (AvgIpc) is 1.60. The van der Waals surface area contributed by atoms with E-state index in [0.29, 0.717) is 81.0 Å². The third kappa shape index (κ3) is 16.2. The average molecular weight is 1560 g/mol. The third-order valence-electron chi connectivity index (χ3n) is 19.3. The molecule has 16 aromatic rings. The van der Waals surface area contributed by atoms with Crippen LogP contribution in [-0.4, -0.2) is 94.4 Å². The van der Waals surface area contributed by atoms with Crippen LogP contribution < -0.4 is 34.8 Å². The number of aromatic amines is 1. The second-order valence-electron chi connectivity index (χ2n) is 26.2. The second kappa shape index (κ2) is 34.8. The van der Waals surface area contributed by atoms with Crippen molar-refractivity contribution in [2.45, 2.75) is 19.4 Å². The molecule has 8 heterocycles. The minimum atomic E-state index is -0.273. The lowest BCUT2D eigenvalue weighted by Crippen LogP contribution is -2.26. The first-order valence-electron chi connectivity index (χ1n) is 36.5. The van der Waals surface area contributed by atoms with Gasteiger partial charge in [0.05, 0.1) is 80.8 Å². The fourth-order valence-electron chi connectivity index (χ4n) is 13.9. The number of carbonyl (C=O) groups excluding carboxylic acids is 2. The van der Waals surface area contributed by atoms with Gasteiger partial charge in [-0.25, -0.2) is 10.1 Å². The van der Waals surface area contributed by atoms with Crippen molar-refractivity contribution >= 4 is 51.8 Å². The van der Waals surface area contributed by atoms with E-state index in [0.717, 1.165) is 101 Å². The summed E-state index contributed by atoms with van der Waals surface area (Å²) in [6.07, 6.45) is 3.86. The van der Waals surface area contributed by atoms with Crippen LogP contribution in [0.25, 0.3) is 95.1 Å². The number of methoxy groups -OCH3 is 4. The van der Waals surface area contributed by atoms with E-state index in [-0.39, 0.29) is 28.1 Å². The van der Waals surface area contributed by atoms with Gasteiger partial charge in [-0.15, -0.1) is 5.10 Å². The molecule has 20 nitrogen and oxygen atoms in total. The van der Waals surface area contributed by atoms with Gasteiger partial charge in [0.1, 0.15) is 45.3 Å². The lowest BCUT2D eigenvalue weighted by Gasteiger charge is -2.21. The van der Waals surface area contributed by atoms with Crippen molar-refractivity contribution in [3.05, 3.63) is 380 Å². The number of hydrogen-bond donors (Lipinski definition) is 1. The van der Waals surface area contributed by atoms with E-state index in [2.05, 4.69) is 20.4 Å². The number of carbonyl (C=O) groups is 2. The van der Waals surface area contributed by atoms with Gasteiger partial charge in [-0.2, -0.15) is 34.3 Å². The third-order valence-corrected chi connectivity index (χ3v) is 19.9. The lowest BCUT2D eigenvalue weighted by atomic mass is 9.93. The number of benzene rings is 10. The van der Waals surface area contributed by atoms with E-state index in [1.807, 2.05) is 272 Å². The molecule has 0 saturated carbocycles. The molecule has 22 heteroatoms. The van der Waals surface area contributed by atoms with Crippen molar-refractivity contribution in [1.82, 2.24) is 54.1 Å². The molecule has 6 aromatic heterocycles. The smallest absolute Gasteiger partial charge is 0.282 e. The maximum absolute atomic E-state index is 14.4. The number of ether oxygens (including phenoxy) is 5. The highest BCUT2D eigenvalue weighted by molar-refractivity contribution is 6.40. The summed E-state index contributed by atoms with van der Waals surface area (Å²) in [6, 6.07) is 96.0. The minimum Gasteiger partial charge on any atom is -0.497 e. The van der Waals surface area contributed by atoms with Crippen LogP contribution in [0.4, 0.5) is 0 Å². The monoisotopic (exact) mass is 1560 g/mol. The van der Waals surface area contributed by atoms with E-state index in [1.165, 1.54) is 21.6 Å². The lowest BCUT2D eigenvalue weighted by molar-refractivity contribution is 0.0948. The van der Waals surface area contributed by atoms with Crippen LogP contribution in [-0.2, 0) is 19.4 Å². The number of nitrogens with one attached hydrogen (secondary N) is 1. The van der Waals surface area contributed by atoms with E-state index in [4.69, 9.17) is 62.1 Å². The molecular weight excluding hydrogens is 1490 g/mol. The molecular formula is C93H71Cl2N11O9. The standard InChI is InChI=1S/C33H26ClN3O3.C30H22N4O3.C26H19ClN2O2.C4H4N2O/c1-39-26-17-13-22(14-18-26)21-36-30(25-11-7-4-8-12-25)28(23-9-5-3-6-10-23)32-35-31(34)29(33(38)37(32)36)24-15-19-27(40-2)20-16-24;1-36-23-16-14-21(15-17-23)28-25(37-26-13-8-18-31-32-26)19-24-27(20-9-4-2-5-10-20)29(33-34(24)30(28)35)22-11-6-3-7-12-22;1-31-20-14-12-18(13-15-20)23-21(27)16-22-24(17-8-4-2-5-9-17)25(28-29(22)26(23)30)19-10-6-3-7-11-19;7-4-2-1-3-5-6-4/h3-20H,21H2,1-2H3;2-18H,19H2,1H3;2-15H,16H2,1H3;1-3H,(H,6,7). The molecule has 2 aliphatic heterocycles. The number of H-pyrrole nitrogens is 1. The molecule has 1 N–H and O–H groups in total.